The monoisotopic (exact) mass is 169 g/mol. The number of ether oxygens (including phenoxy) is 1. The van der Waals surface area contributed by atoms with E-state index in [0.29, 0.717) is 0 Å². The molecule has 0 aromatic carbocycles. The highest BCUT2D eigenvalue weighted by molar-refractivity contribution is 4.95. The average Bonchev–Trinajstić information content (AvgIpc) is 2.57. The third kappa shape index (κ3) is 3.88. The van der Waals surface area contributed by atoms with Crippen molar-refractivity contribution in [2.75, 3.05) is 26.8 Å². The number of hydrogen-bond acceptors (Lipinski definition) is 2. The van der Waals surface area contributed by atoms with Gasteiger partial charge in [-0.2, -0.15) is 0 Å². The zero-order chi connectivity index (χ0) is 8.65. The van der Waals surface area contributed by atoms with E-state index in [1.807, 2.05) is 0 Å². The average molecular weight is 169 g/mol. The summed E-state index contributed by atoms with van der Waals surface area (Å²) >= 11 is 0. The lowest BCUT2D eigenvalue weighted by molar-refractivity contribution is 0.199. The summed E-state index contributed by atoms with van der Waals surface area (Å²) in [5.74, 6) is 0.833. The van der Waals surface area contributed by atoms with Gasteiger partial charge in [0.1, 0.15) is 0 Å². The second kappa shape index (κ2) is 6.21. The van der Waals surface area contributed by atoms with E-state index in [2.05, 4.69) is 17.5 Å². The van der Waals surface area contributed by atoms with E-state index in [4.69, 9.17) is 4.74 Å². The fraction of sp³-hybridized carbons (Fsp3) is 0.800. The van der Waals surface area contributed by atoms with Crippen molar-refractivity contribution in [3.63, 3.8) is 0 Å². The molecule has 1 rings (SSSR count). The summed E-state index contributed by atoms with van der Waals surface area (Å²) in [6.07, 6.45) is 8.55. The molecule has 0 aliphatic heterocycles. The van der Waals surface area contributed by atoms with Crippen molar-refractivity contribution in [2.45, 2.75) is 19.3 Å². The summed E-state index contributed by atoms with van der Waals surface area (Å²) in [5.41, 5.74) is 0. The molecule has 0 saturated carbocycles. The molecule has 1 aliphatic rings. The molecule has 0 fully saturated rings. The molecule has 0 aromatic rings. The van der Waals surface area contributed by atoms with Gasteiger partial charge in [-0.1, -0.05) is 12.2 Å². The summed E-state index contributed by atoms with van der Waals surface area (Å²) in [6.45, 7) is 2.92. The van der Waals surface area contributed by atoms with Crippen LogP contribution in [0.5, 0.6) is 0 Å². The maximum absolute atomic E-state index is 4.94. The van der Waals surface area contributed by atoms with E-state index in [-0.39, 0.29) is 0 Å². The predicted molar refractivity (Wildman–Crippen MR) is 51.2 cm³/mol. The van der Waals surface area contributed by atoms with Gasteiger partial charge in [0, 0.05) is 13.7 Å². The molecule has 1 aliphatic carbocycles. The van der Waals surface area contributed by atoms with Crippen molar-refractivity contribution in [2.24, 2.45) is 5.92 Å². The lowest BCUT2D eigenvalue weighted by atomic mass is 10.1. The fourth-order valence-corrected chi connectivity index (χ4v) is 1.52. The van der Waals surface area contributed by atoms with Crippen LogP contribution in [-0.4, -0.2) is 26.8 Å². The van der Waals surface area contributed by atoms with Crippen molar-refractivity contribution in [3.05, 3.63) is 12.2 Å². The number of hydrogen-bond donors (Lipinski definition) is 1. The molecule has 0 aromatic heterocycles. The Hall–Kier alpha value is -0.340. The molecule has 0 heterocycles. The van der Waals surface area contributed by atoms with Crippen LogP contribution in [0.3, 0.4) is 0 Å². The highest BCUT2D eigenvalue weighted by Crippen LogP contribution is 2.19. The van der Waals surface area contributed by atoms with Crippen molar-refractivity contribution in [1.82, 2.24) is 5.32 Å². The minimum atomic E-state index is 0.820. The molecular weight excluding hydrogens is 150 g/mol. The van der Waals surface area contributed by atoms with Crippen LogP contribution in [0, 0.1) is 5.92 Å². The van der Waals surface area contributed by atoms with Crippen molar-refractivity contribution in [1.29, 1.82) is 0 Å². The lowest BCUT2D eigenvalue weighted by Crippen LogP contribution is -2.21. The minimum Gasteiger partial charge on any atom is -0.383 e. The maximum atomic E-state index is 4.94. The maximum Gasteiger partial charge on any atom is 0.0587 e. The van der Waals surface area contributed by atoms with Gasteiger partial charge in [-0.25, -0.2) is 0 Å². The summed E-state index contributed by atoms with van der Waals surface area (Å²) in [4.78, 5) is 0. The van der Waals surface area contributed by atoms with E-state index >= 15 is 0 Å². The molecule has 1 atom stereocenters. The Morgan fingerprint density at radius 3 is 3.08 bits per heavy atom. The van der Waals surface area contributed by atoms with Crippen LogP contribution in [-0.2, 0) is 4.74 Å². The van der Waals surface area contributed by atoms with Gasteiger partial charge in [0.05, 0.1) is 6.61 Å². The molecule has 2 heteroatoms. The Morgan fingerprint density at radius 2 is 2.42 bits per heavy atom. The van der Waals surface area contributed by atoms with Gasteiger partial charge in [0.2, 0.25) is 0 Å². The highest BCUT2D eigenvalue weighted by atomic mass is 16.5. The molecule has 0 saturated heterocycles. The SMILES string of the molecule is COCCNCCC1C=CCC1. The third-order valence-corrected chi connectivity index (χ3v) is 2.29. The quantitative estimate of drug-likeness (QED) is 0.481. The second-order valence-electron chi connectivity index (χ2n) is 3.30. The smallest absolute Gasteiger partial charge is 0.0587 e. The second-order valence-corrected chi connectivity index (χ2v) is 3.30. The van der Waals surface area contributed by atoms with Gasteiger partial charge in [0.15, 0.2) is 0 Å². The molecule has 0 radical (unpaired) electrons. The van der Waals surface area contributed by atoms with Gasteiger partial charge < -0.3 is 10.1 Å². The first-order chi connectivity index (χ1) is 5.93. The molecule has 1 N–H and O–H groups in total. The van der Waals surface area contributed by atoms with Crippen LogP contribution >= 0.6 is 0 Å². The standard InChI is InChI=1S/C10H19NO/c1-12-9-8-11-7-6-10-4-2-3-5-10/h2,4,10-11H,3,5-9H2,1H3. The van der Waals surface area contributed by atoms with E-state index in [0.717, 1.165) is 25.6 Å². The van der Waals surface area contributed by atoms with E-state index < -0.39 is 0 Å². The van der Waals surface area contributed by atoms with Crippen molar-refractivity contribution >= 4 is 0 Å². The normalized spacial score (nSPS) is 21.9. The summed E-state index contributed by atoms with van der Waals surface area (Å²) in [5, 5.41) is 3.35. The number of nitrogens with one attached hydrogen (secondary N) is 1. The van der Waals surface area contributed by atoms with Gasteiger partial charge >= 0.3 is 0 Å². The topological polar surface area (TPSA) is 21.3 Å². The summed E-state index contributed by atoms with van der Waals surface area (Å²) in [7, 11) is 1.74. The minimum absolute atomic E-state index is 0.820. The van der Waals surface area contributed by atoms with Crippen LogP contribution in [0.4, 0.5) is 0 Å². The van der Waals surface area contributed by atoms with Crippen LogP contribution in [0.2, 0.25) is 0 Å². The van der Waals surface area contributed by atoms with Crippen LogP contribution in [0.1, 0.15) is 19.3 Å². The van der Waals surface area contributed by atoms with Crippen molar-refractivity contribution < 1.29 is 4.74 Å². The van der Waals surface area contributed by atoms with Crippen LogP contribution < -0.4 is 5.32 Å². The Labute approximate surface area is 75.0 Å². The molecular formula is C10H19NO. The molecule has 0 spiro atoms. The Morgan fingerprint density at radius 1 is 1.50 bits per heavy atom. The summed E-state index contributed by atoms with van der Waals surface area (Å²) < 4.78 is 4.94. The Bertz CT molecular complexity index is 134. The molecule has 0 amide bonds. The van der Waals surface area contributed by atoms with E-state index in [1.54, 1.807) is 7.11 Å². The Kier molecular flexibility index (Phi) is 5.04. The van der Waals surface area contributed by atoms with Gasteiger partial charge in [0.25, 0.3) is 0 Å². The first-order valence-corrected chi connectivity index (χ1v) is 4.80. The summed E-state index contributed by atoms with van der Waals surface area (Å²) in [6, 6.07) is 0. The zero-order valence-electron chi connectivity index (χ0n) is 7.88. The zero-order valence-corrected chi connectivity index (χ0v) is 7.88. The fourth-order valence-electron chi connectivity index (χ4n) is 1.52. The molecule has 0 bridgehead atoms. The Balaban J connectivity index is 1.85. The largest absolute Gasteiger partial charge is 0.383 e. The number of methoxy groups -OCH3 is 1. The molecule has 2 nitrogen and oxygen atoms in total. The molecule has 70 valence electrons. The molecule has 12 heavy (non-hydrogen) atoms. The molecule has 1 unspecified atom stereocenters. The lowest BCUT2D eigenvalue weighted by Gasteiger charge is -2.07. The predicted octanol–water partition coefficient (Wildman–Crippen LogP) is 1.58. The number of rotatable bonds is 6. The van der Waals surface area contributed by atoms with Crippen LogP contribution in [0.15, 0.2) is 12.2 Å². The first kappa shape index (κ1) is 9.75. The highest BCUT2D eigenvalue weighted by Gasteiger charge is 2.07. The van der Waals surface area contributed by atoms with Crippen LogP contribution in [0.25, 0.3) is 0 Å². The van der Waals surface area contributed by atoms with E-state index in [1.165, 1.54) is 19.3 Å². The number of allylic oxidation sites excluding steroid dienone is 2. The van der Waals surface area contributed by atoms with Gasteiger partial charge in [-0.15, -0.1) is 0 Å². The third-order valence-electron chi connectivity index (χ3n) is 2.29. The van der Waals surface area contributed by atoms with E-state index in [9.17, 15) is 0 Å². The van der Waals surface area contributed by atoms with Crippen molar-refractivity contribution in [3.8, 4) is 0 Å². The van der Waals surface area contributed by atoms with Gasteiger partial charge in [-0.3, -0.25) is 0 Å². The first-order valence-electron chi connectivity index (χ1n) is 4.80. The van der Waals surface area contributed by atoms with Gasteiger partial charge in [-0.05, 0) is 31.7 Å².